The third kappa shape index (κ3) is 6.70. The highest BCUT2D eigenvalue weighted by atomic mass is 35.5. The number of methoxy groups -OCH3 is 1. The van der Waals surface area contributed by atoms with E-state index < -0.39 is 0 Å². The summed E-state index contributed by atoms with van der Waals surface area (Å²) in [5, 5.41) is 3.34. The van der Waals surface area contributed by atoms with E-state index in [1.807, 2.05) is 32.0 Å². The summed E-state index contributed by atoms with van der Waals surface area (Å²) < 4.78 is 11.0. The van der Waals surface area contributed by atoms with E-state index in [1.165, 1.54) is 7.11 Å². The number of anilines is 1. The van der Waals surface area contributed by atoms with E-state index in [0.717, 1.165) is 5.69 Å². The van der Waals surface area contributed by atoms with Crippen molar-refractivity contribution in [2.45, 2.75) is 26.4 Å². The average molecular weight is 468 g/mol. The van der Waals surface area contributed by atoms with E-state index in [9.17, 15) is 9.59 Å². The Labute approximate surface area is 198 Å². The molecule has 1 heterocycles. The lowest BCUT2D eigenvalue weighted by Crippen LogP contribution is -2.34. The molecule has 1 N–H and O–H groups in total. The van der Waals surface area contributed by atoms with Gasteiger partial charge in [0, 0.05) is 28.5 Å². The Balaban J connectivity index is 1.85. The summed E-state index contributed by atoms with van der Waals surface area (Å²) in [6.07, 6.45) is 1.68. The van der Waals surface area contributed by atoms with Crippen LogP contribution in [0.1, 0.15) is 29.9 Å². The fourth-order valence-electron chi connectivity index (χ4n) is 3.14. The molecule has 172 valence electrons. The summed E-state index contributed by atoms with van der Waals surface area (Å²) in [5.74, 6) is 0.240. The van der Waals surface area contributed by atoms with Crippen LogP contribution in [0, 0.1) is 0 Å². The van der Waals surface area contributed by atoms with E-state index in [2.05, 4.69) is 10.3 Å². The number of carbonyl (C=O) groups is 2. The average Bonchev–Trinajstić information content (AvgIpc) is 2.81. The first-order valence-corrected chi connectivity index (χ1v) is 10.8. The number of hydrogen-bond acceptors (Lipinski definition) is 5. The molecule has 3 rings (SSSR count). The van der Waals surface area contributed by atoms with Crippen LogP contribution in [0.15, 0.2) is 66.9 Å². The van der Waals surface area contributed by atoms with Gasteiger partial charge in [-0.2, -0.15) is 0 Å². The van der Waals surface area contributed by atoms with Crippen molar-refractivity contribution in [3.05, 3.63) is 83.1 Å². The molecule has 0 saturated carbocycles. The quantitative estimate of drug-likeness (QED) is 0.501. The normalized spacial score (nSPS) is 10.6. The molecule has 8 heteroatoms. The second-order valence-electron chi connectivity index (χ2n) is 7.57. The molecule has 0 bridgehead atoms. The van der Waals surface area contributed by atoms with Gasteiger partial charge in [0.05, 0.1) is 19.3 Å². The molecule has 0 aliphatic heterocycles. The Morgan fingerprint density at radius 1 is 1.06 bits per heavy atom. The van der Waals surface area contributed by atoms with Gasteiger partial charge < -0.3 is 19.7 Å². The van der Waals surface area contributed by atoms with Crippen LogP contribution in [-0.2, 0) is 11.3 Å². The molecule has 2 amide bonds. The fraction of sp³-hybridized carbons (Fsp3) is 0.240. The number of rotatable bonds is 9. The van der Waals surface area contributed by atoms with Crippen molar-refractivity contribution in [2.75, 3.05) is 18.6 Å². The number of aromatic nitrogens is 1. The van der Waals surface area contributed by atoms with Gasteiger partial charge >= 0.3 is 0 Å². The second-order valence-corrected chi connectivity index (χ2v) is 8.00. The lowest BCUT2D eigenvalue weighted by molar-refractivity contribution is -0.123. The number of amides is 2. The van der Waals surface area contributed by atoms with Crippen molar-refractivity contribution in [1.29, 1.82) is 0 Å². The molecule has 0 spiro atoms. The minimum absolute atomic E-state index is 0.0148. The second kappa shape index (κ2) is 11.3. The van der Waals surface area contributed by atoms with Gasteiger partial charge in [0.1, 0.15) is 0 Å². The molecule has 7 nitrogen and oxygen atoms in total. The lowest BCUT2D eigenvalue weighted by atomic mass is 10.1. The highest BCUT2D eigenvalue weighted by Gasteiger charge is 2.21. The van der Waals surface area contributed by atoms with Crippen molar-refractivity contribution in [3.8, 4) is 11.5 Å². The van der Waals surface area contributed by atoms with Gasteiger partial charge in [-0.3, -0.25) is 14.6 Å². The number of hydrogen-bond donors (Lipinski definition) is 1. The molecule has 2 aromatic carbocycles. The third-order valence-corrected chi connectivity index (χ3v) is 4.90. The van der Waals surface area contributed by atoms with E-state index >= 15 is 0 Å². The maximum Gasteiger partial charge on any atom is 0.258 e. The minimum atomic E-state index is -0.245. The van der Waals surface area contributed by atoms with Gasteiger partial charge in [-0.25, -0.2) is 0 Å². The zero-order chi connectivity index (χ0) is 23.8. The summed E-state index contributed by atoms with van der Waals surface area (Å²) in [6, 6.07) is 17.5. The summed E-state index contributed by atoms with van der Waals surface area (Å²) in [5.41, 5.74) is 1.82. The Morgan fingerprint density at radius 3 is 2.45 bits per heavy atom. The number of halogens is 1. The van der Waals surface area contributed by atoms with Crippen molar-refractivity contribution in [2.24, 2.45) is 0 Å². The topological polar surface area (TPSA) is 80.8 Å². The van der Waals surface area contributed by atoms with Crippen molar-refractivity contribution in [3.63, 3.8) is 0 Å². The molecular weight excluding hydrogens is 442 g/mol. The fourth-order valence-corrected chi connectivity index (χ4v) is 3.26. The van der Waals surface area contributed by atoms with Gasteiger partial charge in [0.25, 0.3) is 11.8 Å². The molecule has 0 saturated heterocycles. The molecule has 0 unspecified atom stereocenters. The van der Waals surface area contributed by atoms with E-state index in [4.69, 9.17) is 21.1 Å². The van der Waals surface area contributed by atoms with E-state index in [0.29, 0.717) is 27.8 Å². The summed E-state index contributed by atoms with van der Waals surface area (Å²) in [4.78, 5) is 31.4. The van der Waals surface area contributed by atoms with Crippen LogP contribution in [-0.4, -0.2) is 36.6 Å². The number of benzene rings is 2. The standard InChI is InChI=1S/C25H26ClN3O4/c1-17(2)28-24(30)16-33-22-12-7-18(14-23(22)32-3)25(31)29(15-20-6-4-5-13-27-20)21-10-8-19(26)9-11-21/h4-14,17H,15-16H2,1-3H3,(H,28,30). The molecule has 0 radical (unpaired) electrons. The predicted molar refractivity (Wildman–Crippen MR) is 128 cm³/mol. The third-order valence-electron chi connectivity index (χ3n) is 4.65. The van der Waals surface area contributed by atoms with Crippen LogP contribution in [0.25, 0.3) is 0 Å². The number of carbonyl (C=O) groups excluding carboxylic acids is 2. The van der Waals surface area contributed by atoms with Crippen LogP contribution in [0.5, 0.6) is 11.5 Å². The van der Waals surface area contributed by atoms with Crippen LogP contribution >= 0.6 is 11.6 Å². The van der Waals surface area contributed by atoms with Gasteiger partial charge in [-0.1, -0.05) is 17.7 Å². The smallest absolute Gasteiger partial charge is 0.258 e. The maximum atomic E-state index is 13.5. The number of pyridine rings is 1. The zero-order valence-electron chi connectivity index (χ0n) is 18.7. The molecule has 33 heavy (non-hydrogen) atoms. The molecule has 0 aliphatic rings. The van der Waals surface area contributed by atoms with Gasteiger partial charge in [0.2, 0.25) is 0 Å². The first kappa shape index (κ1) is 24.1. The number of ether oxygens (including phenoxy) is 2. The van der Waals surface area contributed by atoms with Crippen molar-refractivity contribution >= 4 is 29.1 Å². The van der Waals surface area contributed by atoms with E-state index in [-0.39, 0.29) is 31.0 Å². The van der Waals surface area contributed by atoms with Crippen LogP contribution in [0.2, 0.25) is 5.02 Å². The molecule has 0 aliphatic carbocycles. The lowest BCUT2D eigenvalue weighted by Gasteiger charge is -2.23. The highest BCUT2D eigenvalue weighted by molar-refractivity contribution is 6.30. The Kier molecular flexibility index (Phi) is 8.27. The van der Waals surface area contributed by atoms with Crippen LogP contribution in [0.3, 0.4) is 0 Å². The SMILES string of the molecule is COc1cc(C(=O)N(Cc2ccccn2)c2ccc(Cl)cc2)ccc1OCC(=O)NC(C)C. The number of nitrogens with one attached hydrogen (secondary N) is 1. The first-order valence-electron chi connectivity index (χ1n) is 10.4. The first-order chi connectivity index (χ1) is 15.9. The largest absolute Gasteiger partial charge is 0.493 e. The molecule has 3 aromatic rings. The molecule has 1 aromatic heterocycles. The Hall–Kier alpha value is -3.58. The van der Waals surface area contributed by atoms with Crippen molar-refractivity contribution in [1.82, 2.24) is 10.3 Å². The summed E-state index contributed by atoms with van der Waals surface area (Å²) in [6.45, 7) is 3.86. The number of nitrogens with zero attached hydrogens (tertiary/aromatic N) is 2. The summed E-state index contributed by atoms with van der Waals surface area (Å²) >= 11 is 6.04. The minimum Gasteiger partial charge on any atom is -0.493 e. The maximum absolute atomic E-state index is 13.5. The van der Waals surface area contributed by atoms with Crippen LogP contribution < -0.4 is 19.7 Å². The highest BCUT2D eigenvalue weighted by Crippen LogP contribution is 2.30. The van der Waals surface area contributed by atoms with Crippen molar-refractivity contribution < 1.29 is 19.1 Å². The van der Waals surface area contributed by atoms with Gasteiger partial charge in [0.15, 0.2) is 18.1 Å². The molecular formula is C25H26ClN3O4. The van der Waals surface area contributed by atoms with Crippen LogP contribution in [0.4, 0.5) is 5.69 Å². The van der Waals surface area contributed by atoms with Gasteiger partial charge in [-0.15, -0.1) is 0 Å². The molecule has 0 atom stereocenters. The Bertz CT molecular complexity index is 1090. The van der Waals surface area contributed by atoms with Gasteiger partial charge in [-0.05, 0) is 68.4 Å². The molecule has 0 fully saturated rings. The predicted octanol–water partition coefficient (Wildman–Crippen LogP) is 4.49. The van der Waals surface area contributed by atoms with E-state index in [1.54, 1.807) is 53.6 Å². The summed E-state index contributed by atoms with van der Waals surface area (Å²) in [7, 11) is 1.48. The monoisotopic (exact) mass is 467 g/mol. The Morgan fingerprint density at radius 2 is 1.82 bits per heavy atom. The zero-order valence-corrected chi connectivity index (χ0v) is 19.5.